The number of phenols is 3. The predicted octanol–water partition coefficient (Wildman–Crippen LogP) is 18.1. The Hall–Kier alpha value is -13.3. The second-order valence-electron chi connectivity index (χ2n) is 29.2. The number of rotatable bonds is 22. The molecule has 0 fully saturated rings. The minimum absolute atomic E-state index is 0.114. The number of carbonyl (C=O) groups is 2. The van der Waals surface area contributed by atoms with Gasteiger partial charge in [-0.3, -0.25) is 14.3 Å². The summed E-state index contributed by atoms with van der Waals surface area (Å²) in [4.78, 5) is 56.4. The summed E-state index contributed by atoms with van der Waals surface area (Å²) in [5, 5.41) is 37.5. The number of hydrogen-bond donors (Lipinski definition) is 7. The van der Waals surface area contributed by atoms with Crippen molar-refractivity contribution in [2.45, 2.75) is 39.5 Å². The molecule has 600 valence electrons. The van der Waals surface area contributed by atoms with Crippen LogP contribution in [0.15, 0.2) is 203 Å². The van der Waals surface area contributed by atoms with E-state index in [4.69, 9.17) is 28.8 Å². The molecule has 116 heavy (non-hydrogen) atoms. The average molecular weight is 1600 g/mol. The summed E-state index contributed by atoms with van der Waals surface area (Å²) in [6.45, 7) is 8.94. The van der Waals surface area contributed by atoms with Crippen LogP contribution >= 0.6 is 11.3 Å². The first-order valence-corrected chi connectivity index (χ1v) is 39.5. The van der Waals surface area contributed by atoms with Crippen molar-refractivity contribution in [2.24, 2.45) is 0 Å². The van der Waals surface area contributed by atoms with E-state index in [2.05, 4.69) is 32.5 Å². The van der Waals surface area contributed by atoms with Crippen LogP contribution in [0.2, 0.25) is 0 Å². The Bertz CT molecular complexity index is 5790. The standard InChI is InChI=1S/C33H34N4O3S2.C29H33N5O2.C29H32N4O5/c1-21-18-24(19-22(2)31(21)38)33-34-30(32(41-33)23-12-14-26(15-13-23)36(3)4)28-17-16-27(37(5)6)20-29(28)42(39,40)35-25-10-8-7-9-11-25;1-17-14-20(15-18(2)27(17)35)28-31-25(19-8-10-21(11-9-19)33(4)5)26(32-28)23-13-12-22(34(6)7)16-24(23)29(36)30-3;1-17(34)30-23-16-21(33(4)5)12-13-22(23)26-28(18-8-10-20(11-9-18)32(2)3)38-29(31-26)19-14-24(36-6)27(35)25(15-19)37-7/h7-20,35,38H,1-6H3;8-16,35H,1-7H3,(H,30,36)(H,31,32);8-16,35H,1-7H3,(H,30,34). The molecule has 0 saturated heterocycles. The molecule has 0 saturated carbocycles. The van der Waals surface area contributed by atoms with Crippen LogP contribution in [0.4, 0.5) is 45.5 Å². The summed E-state index contributed by atoms with van der Waals surface area (Å²) < 4.78 is 47.7. The van der Waals surface area contributed by atoms with E-state index < -0.39 is 10.0 Å². The van der Waals surface area contributed by atoms with Gasteiger partial charge in [0.25, 0.3) is 15.9 Å². The maximum absolute atomic E-state index is 14.0. The second-order valence-corrected chi connectivity index (χ2v) is 31.9. The topological polar surface area (TPSA) is 271 Å². The van der Waals surface area contributed by atoms with Gasteiger partial charge >= 0.3 is 0 Å². The molecule has 0 unspecified atom stereocenters. The van der Waals surface area contributed by atoms with E-state index in [1.807, 2.05) is 281 Å². The first kappa shape index (κ1) is 83.7. The molecule has 13 rings (SSSR count). The largest absolute Gasteiger partial charge is 0.507 e. The summed E-state index contributed by atoms with van der Waals surface area (Å²) in [6, 6.07) is 61.1. The maximum atomic E-state index is 14.0. The molecule has 7 N–H and O–H groups in total. The van der Waals surface area contributed by atoms with Gasteiger partial charge in [-0.1, -0.05) is 42.5 Å². The molecule has 25 heteroatoms. The number of sulfonamides is 1. The number of amides is 2. The highest BCUT2D eigenvalue weighted by atomic mass is 32.2. The van der Waals surface area contributed by atoms with E-state index in [-0.39, 0.29) is 45.5 Å². The number of oxazole rings is 1. The number of phenolic OH excluding ortho intramolecular Hbond substituents is 3. The minimum atomic E-state index is -3.99. The number of aromatic hydroxyl groups is 3. The molecule has 3 aromatic heterocycles. The van der Waals surface area contributed by atoms with Crippen molar-refractivity contribution < 1.29 is 47.2 Å². The van der Waals surface area contributed by atoms with E-state index in [9.17, 15) is 33.3 Å². The smallest absolute Gasteiger partial charge is 0.262 e. The normalized spacial score (nSPS) is 11.0. The zero-order chi connectivity index (χ0) is 83.9. The van der Waals surface area contributed by atoms with Crippen molar-refractivity contribution in [3.63, 3.8) is 0 Å². The first-order valence-electron chi connectivity index (χ1n) is 37.2. The Labute approximate surface area is 682 Å². The summed E-state index contributed by atoms with van der Waals surface area (Å²) in [5.74, 6) is 2.01. The summed E-state index contributed by atoms with van der Waals surface area (Å²) in [6.07, 6.45) is 0. The molecule has 0 aliphatic rings. The van der Waals surface area contributed by atoms with Gasteiger partial charge in [0.1, 0.15) is 28.0 Å². The number of aromatic amines is 1. The fraction of sp³-hybridized carbons (Fsp3) is 0.220. The van der Waals surface area contributed by atoms with E-state index in [0.717, 1.165) is 111 Å². The zero-order valence-electron chi connectivity index (χ0n) is 69.0. The molecule has 13 aromatic rings. The highest BCUT2D eigenvalue weighted by Gasteiger charge is 2.29. The molecule has 23 nitrogen and oxygen atoms in total. The molecule has 0 spiro atoms. The first-order chi connectivity index (χ1) is 55.2. The van der Waals surface area contributed by atoms with Crippen LogP contribution in [-0.4, -0.2) is 161 Å². The predicted molar refractivity (Wildman–Crippen MR) is 474 cm³/mol. The summed E-state index contributed by atoms with van der Waals surface area (Å²) in [7, 11) is 24.0. The van der Waals surface area contributed by atoms with E-state index in [1.54, 1.807) is 49.5 Å². The lowest BCUT2D eigenvalue weighted by Gasteiger charge is -2.18. The fourth-order valence-electron chi connectivity index (χ4n) is 13.1. The van der Waals surface area contributed by atoms with Gasteiger partial charge in [-0.05, 0) is 207 Å². The number of hydrogen-bond acceptors (Lipinski definition) is 20. The number of nitrogens with zero attached hydrogens (tertiary/aromatic N) is 9. The molecule has 0 atom stereocenters. The monoisotopic (exact) mass is 1600 g/mol. The van der Waals surface area contributed by atoms with Gasteiger partial charge in [0, 0.05) is 183 Å². The van der Waals surface area contributed by atoms with Gasteiger partial charge in [-0.15, -0.1) is 11.3 Å². The number of nitrogens with one attached hydrogen (secondary N) is 4. The Morgan fingerprint density at radius 3 is 1.41 bits per heavy atom. The van der Waals surface area contributed by atoms with E-state index >= 15 is 0 Å². The third-order valence-electron chi connectivity index (χ3n) is 19.5. The van der Waals surface area contributed by atoms with Gasteiger partial charge in [0.2, 0.25) is 17.5 Å². The number of para-hydroxylation sites is 1. The fourth-order valence-corrected chi connectivity index (χ4v) is 15.4. The molecule has 0 aliphatic heterocycles. The van der Waals surface area contributed by atoms with Gasteiger partial charge in [0.15, 0.2) is 17.3 Å². The maximum Gasteiger partial charge on any atom is 0.262 e. The van der Waals surface area contributed by atoms with Crippen LogP contribution in [0, 0.1) is 27.7 Å². The molecule has 0 aliphatic carbocycles. The number of ether oxygens (including phenoxy) is 2. The third kappa shape index (κ3) is 18.5. The number of imidazole rings is 1. The summed E-state index contributed by atoms with van der Waals surface area (Å²) in [5.41, 5.74) is 20.1. The minimum Gasteiger partial charge on any atom is -0.507 e. The Balaban J connectivity index is 0.000000172. The van der Waals surface area contributed by atoms with Gasteiger partial charge in [-0.2, -0.15) is 0 Å². The van der Waals surface area contributed by atoms with Crippen molar-refractivity contribution >= 4 is 78.7 Å². The molecule has 0 bridgehead atoms. The molecule has 10 aromatic carbocycles. The number of carbonyl (C=O) groups excluding carboxylic acids is 2. The number of aromatic nitrogens is 4. The van der Waals surface area contributed by atoms with Gasteiger partial charge in [0.05, 0.1) is 52.3 Å². The van der Waals surface area contributed by atoms with E-state index in [1.165, 1.54) is 32.5 Å². The van der Waals surface area contributed by atoms with Gasteiger partial charge in [-0.25, -0.2) is 23.4 Å². The highest BCUT2D eigenvalue weighted by Crippen LogP contribution is 2.48. The lowest BCUT2D eigenvalue weighted by Crippen LogP contribution is -2.20. The second kappa shape index (κ2) is 35.4. The SMILES string of the molecule is CNC(=O)c1cc(N(C)C)ccc1-c1[nH]c(-c2cc(C)c(O)c(C)c2)nc1-c1ccc(N(C)C)cc1.COc1cc(-c2nc(-c3ccc(N(C)C)cc3NC(C)=O)c(-c3ccc(N(C)C)cc3)o2)cc(OC)c1O.Cc1cc(-c2nc(-c3ccc(N(C)C)cc3S(=O)(=O)Nc3ccccc3)c(-c3ccc(N(C)C)cc3)s2)cc(C)c1O. The van der Waals surface area contributed by atoms with Crippen molar-refractivity contribution in [1.29, 1.82) is 0 Å². The van der Waals surface area contributed by atoms with Crippen LogP contribution < -0.4 is 54.2 Å². The van der Waals surface area contributed by atoms with Crippen LogP contribution in [0.1, 0.15) is 39.5 Å². The molecular weight excluding hydrogens is 1500 g/mol. The van der Waals surface area contributed by atoms with Crippen molar-refractivity contribution in [3.8, 4) is 129 Å². The van der Waals surface area contributed by atoms with Crippen LogP contribution in [0.5, 0.6) is 28.7 Å². The highest BCUT2D eigenvalue weighted by molar-refractivity contribution is 7.92. The average Bonchev–Trinajstić information content (AvgIpc) is 1.50. The number of anilines is 8. The Kier molecular flexibility index (Phi) is 25.5. The van der Waals surface area contributed by atoms with Crippen molar-refractivity contribution in [1.82, 2.24) is 25.3 Å². The number of H-pyrrole nitrogens is 1. The quantitative estimate of drug-likeness (QED) is 0.0332. The Morgan fingerprint density at radius 2 is 0.922 bits per heavy atom. The molecule has 3 heterocycles. The van der Waals surface area contributed by atoms with Gasteiger partial charge < -0.3 is 74.2 Å². The number of thiazole rings is 1. The molecule has 2 amide bonds. The molecule has 0 radical (unpaired) electrons. The van der Waals surface area contributed by atoms with Crippen LogP contribution in [0.25, 0.3) is 100 Å². The number of aryl methyl sites for hydroxylation is 4. The lowest BCUT2D eigenvalue weighted by atomic mass is 9.98. The number of benzene rings is 10. The van der Waals surface area contributed by atoms with Crippen molar-refractivity contribution in [2.75, 3.05) is 145 Å². The van der Waals surface area contributed by atoms with Crippen molar-refractivity contribution in [3.05, 3.63) is 222 Å². The van der Waals surface area contributed by atoms with E-state index in [0.29, 0.717) is 62.5 Å². The zero-order valence-corrected chi connectivity index (χ0v) is 70.6. The molecular formula is C91H99N13O10S2. The third-order valence-corrected chi connectivity index (χ3v) is 22.1. The lowest BCUT2D eigenvalue weighted by molar-refractivity contribution is -0.114. The van der Waals surface area contributed by atoms with Crippen LogP contribution in [0.3, 0.4) is 0 Å². The summed E-state index contributed by atoms with van der Waals surface area (Å²) >= 11 is 1.50. The number of methoxy groups -OCH3 is 2. The van der Waals surface area contributed by atoms with Crippen LogP contribution in [-0.2, 0) is 14.8 Å². The Morgan fingerprint density at radius 1 is 0.466 bits per heavy atom.